The highest BCUT2D eigenvalue weighted by Gasteiger charge is 2.25. The van der Waals surface area contributed by atoms with Gasteiger partial charge in [0, 0.05) is 12.6 Å². The molecule has 0 unspecified atom stereocenters. The minimum absolute atomic E-state index is 0.0156. The third kappa shape index (κ3) is 2.54. The molecule has 0 aromatic carbocycles. The molecule has 0 fully saturated rings. The van der Waals surface area contributed by atoms with Gasteiger partial charge >= 0.3 is 12.1 Å². The fourth-order valence-corrected chi connectivity index (χ4v) is 1.33. The molecule has 0 N–H and O–H groups in total. The van der Waals surface area contributed by atoms with Crippen molar-refractivity contribution < 1.29 is 9.53 Å². The first-order valence-electron chi connectivity index (χ1n) is 5.97. The minimum Gasteiger partial charge on any atom is -0.373 e. The number of ether oxygens (including phenoxy) is 1. The maximum absolute atomic E-state index is 12.0. The maximum Gasteiger partial charge on any atom is 0.417 e. The van der Waals surface area contributed by atoms with E-state index in [4.69, 9.17) is 11.2 Å². The molecule has 7 heteroatoms. The van der Waals surface area contributed by atoms with Crippen molar-refractivity contribution >= 4 is 11.7 Å². The molecule has 0 bridgehead atoms. The summed E-state index contributed by atoms with van der Waals surface area (Å²) >= 11 is 0. The van der Waals surface area contributed by atoms with E-state index in [1.165, 1.54) is 9.42 Å². The fraction of sp³-hybridized carbons (Fsp3) is 0.385. The standard InChI is InChI=1S/C13H15N5O2/c1-6-9-7-8-10-14-15-11(18(10)16-9)20-12(19)17(5)13(2,3)4/h1,7-8H,2-5H3. The summed E-state index contributed by atoms with van der Waals surface area (Å²) in [4.78, 5) is 13.5. The average molecular weight is 273 g/mol. The molecule has 2 aromatic rings. The van der Waals surface area contributed by atoms with Crippen molar-refractivity contribution in [3.05, 3.63) is 17.8 Å². The summed E-state index contributed by atoms with van der Waals surface area (Å²) < 4.78 is 6.50. The fourth-order valence-electron chi connectivity index (χ4n) is 1.33. The van der Waals surface area contributed by atoms with E-state index in [0.29, 0.717) is 11.3 Å². The van der Waals surface area contributed by atoms with Crippen molar-refractivity contribution in [2.45, 2.75) is 26.3 Å². The van der Waals surface area contributed by atoms with Crippen molar-refractivity contribution in [2.24, 2.45) is 0 Å². The van der Waals surface area contributed by atoms with E-state index in [1.54, 1.807) is 19.2 Å². The van der Waals surface area contributed by atoms with E-state index in [0.717, 1.165) is 0 Å². The zero-order chi connectivity index (χ0) is 14.9. The summed E-state index contributed by atoms with van der Waals surface area (Å²) in [5.41, 5.74) is 0.485. The van der Waals surface area contributed by atoms with Gasteiger partial charge in [-0.15, -0.1) is 11.5 Å². The Kier molecular flexibility index (Phi) is 3.32. The molecule has 0 aliphatic heterocycles. The Morgan fingerprint density at radius 1 is 1.40 bits per heavy atom. The highest BCUT2D eigenvalue weighted by atomic mass is 16.6. The topological polar surface area (TPSA) is 72.6 Å². The van der Waals surface area contributed by atoms with Crippen LogP contribution in [0.15, 0.2) is 12.1 Å². The third-order valence-corrected chi connectivity index (χ3v) is 2.84. The second kappa shape index (κ2) is 4.81. The Balaban J connectivity index is 2.31. The molecule has 0 atom stereocenters. The monoisotopic (exact) mass is 273 g/mol. The van der Waals surface area contributed by atoms with Gasteiger partial charge in [0.15, 0.2) is 5.65 Å². The molecular weight excluding hydrogens is 258 g/mol. The van der Waals surface area contributed by atoms with Crippen LogP contribution in [0.2, 0.25) is 0 Å². The number of amides is 1. The highest BCUT2D eigenvalue weighted by Crippen LogP contribution is 2.15. The van der Waals surface area contributed by atoms with E-state index < -0.39 is 6.09 Å². The molecule has 2 aromatic heterocycles. The van der Waals surface area contributed by atoms with Gasteiger partial charge in [0.05, 0.1) is 0 Å². The van der Waals surface area contributed by atoms with E-state index in [9.17, 15) is 4.79 Å². The van der Waals surface area contributed by atoms with Gasteiger partial charge in [0.2, 0.25) is 0 Å². The van der Waals surface area contributed by atoms with Gasteiger partial charge in [-0.2, -0.15) is 9.61 Å². The Morgan fingerprint density at radius 2 is 2.10 bits per heavy atom. The zero-order valence-electron chi connectivity index (χ0n) is 11.8. The lowest BCUT2D eigenvalue weighted by atomic mass is 10.1. The SMILES string of the molecule is C#Cc1ccc2nnc(OC(=O)N(C)C(C)(C)C)n2n1. The lowest BCUT2D eigenvalue weighted by Gasteiger charge is -2.30. The van der Waals surface area contributed by atoms with Crippen LogP contribution in [0.25, 0.3) is 5.65 Å². The van der Waals surface area contributed by atoms with Crippen LogP contribution < -0.4 is 4.74 Å². The smallest absolute Gasteiger partial charge is 0.373 e. The van der Waals surface area contributed by atoms with Crippen LogP contribution >= 0.6 is 0 Å². The summed E-state index contributed by atoms with van der Waals surface area (Å²) in [5, 5.41) is 11.7. The maximum atomic E-state index is 12.0. The minimum atomic E-state index is -0.542. The number of hydrogen-bond acceptors (Lipinski definition) is 5. The summed E-state index contributed by atoms with van der Waals surface area (Å²) in [6.45, 7) is 5.68. The molecule has 2 rings (SSSR count). The average Bonchev–Trinajstić information content (AvgIpc) is 2.79. The Hall–Kier alpha value is -2.62. The first-order chi connectivity index (χ1) is 9.32. The molecule has 0 saturated heterocycles. The van der Waals surface area contributed by atoms with Crippen LogP contribution in [0, 0.1) is 12.3 Å². The molecule has 1 amide bonds. The zero-order valence-corrected chi connectivity index (χ0v) is 11.8. The van der Waals surface area contributed by atoms with Crippen LogP contribution in [-0.4, -0.2) is 43.4 Å². The first-order valence-corrected chi connectivity index (χ1v) is 5.97. The molecule has 20 heavy (non-hydrogen) atoms. The van der Waals surface area contributed by atoms with Gasteiger partial charge in [-0.1, -0.05) is 5.10 Å². The van der Waals surface area contributed by atoms with E-state index in [-0.39, 0.29) is 11.5 Å². The largest absolute Gasteiger partial charge is 0.417 e. The van der Waals surface area contributed by atoms with Crippen molar-refractivity contribution in [3.63, 3.8) is 0 Å². The Bertz CT molecular complexity index is 693. The number of fused-ring (bicyclic) bond motifs is 1. The number of carbonyl (C=O) groups is 1. The van der Waals surface area contributed by atoms with Crippen LogP contribution in [0.3, 0.4) is 0 Å². The summed E-state index contributed by atoms with van der Waals surface area (Å²) in [5.74, 6) is 2.40. The van der Waals surface area contributed by atoms with E-state index in [2.05, 4.69) is 21.2 Å². The van der Waals surface area contributed by atoms with Crippen LogP contribution in [0.5, 0.6) is 6.01 Å². The summed E-state index contributed by atoms with van der Waals surface area (Å²) in [7, 11) is 1.64. The predicted molar refractivity (Wildman–Crippen MR) is 72.3 cm³/mol. The van der Waals surface area contributed by atoms with Crippen molar-refractivity contribution in [1.29, 1.82) is 0 Å². The number of terminal acetylenes is 1. The molecule has 0 spiro atoms. The van der Waals surface area contributed by atoms with Gasteiger partial charge in [0.25, 0.3) is 0 Å². The number of hydrogen-bond donors (Lipinski definition) is 0. The number of nitrogens with zero attached hydrogens (tertiary/aromatic N) is 5. The molecule has 0 radical (unpaired) electrons. The lowest BCUT2D eigenvalue weighted by molar-refractivity contribution is 0.120. The van der Waals surface area contributed by atoms with Gasteiger partial charge in [-0.3, -0.25) is 0 Å². The van der Waals surface area contributed by atoms with Crippen molar-refractivity contribution in [3.8, 4) is 18.4 Å². The van der Waals surface area contributed by atoms with Crippen LogP contribution in [0.4, 0.5) is 4.79 Å². The van der Waals surface area contributed by atoms with E-state index >= 15 is 0 Å². The Labute approximate surface area is 116 Å². The molecule has 0 saturated carbocycles. The number of rotatable bonds is 1. The molecule has 2 heterocycles. The third-order valence-electron chi connectivity index (χ3n) is 2.84. The summed E-state index contributed by atoms with van der Waals surface area (Å²) in [6, 6.07) is 3.27. The predicted octanol–water partition coefficient (Wildman–Crippen LogP) is 1.33. The molecular formula is C13H15N5O2. The van der Waals surface area contributed by atoms with Gasteiger partial charge in [0.1, 0.15) is 5.69 Å². The molecule has 0 aliphatic carbocycles. The van der Waals surface area contributed by atoms with Crippen LogP contribution in [-0.2, 0) is 0 Å². The van der Waals surface area contributed by atoms with E-state index in [1.807, 2.05) is 20.8 Å². The number of carbonyl (C=O) groups excluding carboxylic acids is 1. The van der Waals surface area contributed by atoms with Gasteiger partial charge in [-0.05, 0) is 38.8 Å². The van der Waals surface area contributed by atoms with Crippen molar-refractivity contribution in [2.75, 3.05) is 7.05 Å². The molecule has 7 nitrogen and oxygen atoms in total. The van der Waals surface area contributed by atoms with Crippen molar-refractivity contribution in [1.82, 2.24) is 24.7 Å². The second-order valence-corrected chi connectivity index (χ2v) is 5.21. The highest BCUT2D eigenvalue weighted by molar-refractivity contribution is 5.70. The quantitative estimate of drug-likeness (QED) is 0.733. The van der Waals surface area contributed by atoms with Gasteiger partial charge < -0.3 is 9.64 Å². The molecule has 0 aliphatic rings. The lowest BCUT2D eigenvalue weighted by Crippen LogP contribution is -2.44. The van der Waals surface area contributed by atoms with Gasteiger partial charge in [-0.25, -0.2) is 4.79 Å². The number of aromatic nitrogens is 4. The van der Waals surface area contributed by atoms with Crippen LogP contribution in [0.1, 0.15) is 26.5 Å². The molecule has 104 valence electrons. The normalized spacial score (nSPS) is 11.2. The second-order valence-electron chi connectivity index (χ2n) is 5.21. The Morgan fingerprint density at radius 3 is 2.70 bits per heavy atom. The summed E-state index contributed by atoms with van der Waals surface area (Å²) in [6.07, 6.45) is 4.74. The first kappa shape index (κ1) is 13.8.